The fourth-order valence-corrected chi connectivity index (χ4v) is 2.89. The number of carbonyl (C=O) groups excluding carboxylic acids is 1. The molecule has 1 aromatic rings. The fraction of sp³-hybridized carbons (Fsp3) is 0.462. The first-order valence-corrected chi connectivity index (χ1v) is 8.09. The van der Waals surface area contributed by atoms with Gasteiger partial charge in [-0.25, -0.2) is 0 Å². The van der Waals surface area contributed by atoms with Gasteiger partial charge in [0.05, 0.1) is 16.0 Å². The lowest BCUT2D eigenvalue weighted by atomic mass is 10.1. The van der Waals surface area contributed by atoms with Gasteiger partial charge in [-0.05, 0) is 5.53 Å². The normalized spacial score (nSPS) is 27.3. The van der Waals surface area contributed by atoms with Crippen molar-refractivity contribution in [3.05, 3.63) is 46.3 Å². The highest BCUT2D eigenvalue weighted by Gasteiger charge is 2.41. The standard InChI is InChI=1S/C13H13ClIN3O4/c14-12(15)10(17-18-16)11-9(21-7-19)6-20-13(22-11)8-4-2-1-3-5-8/h1-5,7,9-13H,6H2/t9-,10+,11-,12?,13-/m1/s1. The minimum atomic E-state index is -0.702. The zero-order chi connectivity index (χ0) is 15.9. The van der Waals surface area contributed by atoms with Crippen LogP contribution in [0.1, 0.15) is 11.9 Å². The fourth-order valence-electron chi connectivity index (χ4n) is 2.14. The average molecular weight is 438 g/mol. The summed E-state index contributed by atoms with van der Waals surface area (Å²) < 4.78 is 15.9. The first-order valence-electron chi connectivity index (χ1n) is 6.41. The second-order valence-corrected chi connectivity index (χ2v) is 7.03. The third-order valence-corrected chi connectivity index (χ3v) is 4.14. The summed E-state index contributed by atoms with van der Waals surface area (Å²) in [6, 6.07) is 8.61. The van der Waals surface area contributed by atoms with Crippen molar-refractivity contribution in [1.29, 1.82) is 0 Å². The molecule has 22 heavy (non-hydrogen) atoms. The van der Waals surface area contributed by atoms with E-state index in [0.717, 1.165) is 5.56 Å². The first kappa shape index (κ1) is 17.3. The Morgan fingerprint density at radius 3 is 2.82 bits per heavy atom. The molecule has 0 radical (unpaired) electrons. The van der Waals surface area contributed by atoms with Crippen LogP contribution in [0, 0.1) is 0 Å². The van der Waals surface area contributed by atoms with Crippen LogP contribution in [0.2, 0.25) is 0 Å². The Labute approximate surface area is 145 Å². The van der Waals surface area contributed by atoms with Gasteiger partial charge >= 0.3 is 0 Å². The maximum atomic E-state index is 10.6. The molecule has 1 fully saturated rings. The Hall–Kier alpha value is -1.06. The van der Waals surface area contributed by atoms with E-state index < -0.39 is 27.9 Å². The Kier molecular flexibility index (Phi) is 6.71. The molecular formula is C13H13ClIN3O4. The van der Waals surface area contributed by atoms with E-state index in [1.165, 1.54) is 0 Å². The largest absolute Gasteiger partial charge is 0.459 e. The third-order valence-electron chi connectivity index (χ3n) is 3.14. The molecule has 1 unspecified atom stereocenters. The lowest BCUT2D eigenvalue weighted by Gasteiger charge is -2.38. The number of hydrogen-bond acceptors (Lipinski definition) is 5. The molecule has 5 atom stereocenters. The highest BCUT2D eigenvalue weighted by atomic mass is 127. The molecule has 0 aliphatic carbocycles. The number of hydrogen-bond donors (Lipinski definition) is 0. The van der Waals surface area contributed by atoms with Crippen molar-refractivity contribution in [2.45, 2.75) is 27.9 Å². The molecule has 7 nitrogen and oxygen atoms in total. The molecule has 118 valence electrons. The summed E-state index contributed by atoms with van der Waals surface area (Å²) in [6.45, 7) is 0.442. The van der Waals surface area contributed by atoms with Crippen LogP contribution < -0.4 is 0 Å². The van der Waals surface area contributed by atoms with Gasteiger partial charge in [0.2, 0.25) is 0 Å². The second kappa shape index (κ2) is 8.54. The first-order chi connectivity index (χ1) is 10.7. The Morgan fingerprint density at radius 1 is 1.50 bits per heavy atom. The van der Waals surface area contributed by atoms with E-state index in [1.807, 2.05) is 52.9 Å². The molecule has 1 heterocycles. The second-order valence-electron chi connectivity index (χ2n) is 4.48. The molecule has 1 saturated heterocycles. The van der Waals surface area contributed by atoms with E-state index in [9.17, 15) is 4.79 Å². The number of alkyl halides is 2. The summed E-state index contributed by atoms with van der Waals surface area (Å²) in [6.07, 6.45) is -2.02. The van der Waals surface area contributed by atoms with Crippen molar-refractivity contribution < 1.29 is 19.0 Å². The van der Waals surface area contributed by atoms with Crippen LogP contribution in [0.25, 0.3) is 10.4 Å². The van der Waals surface area contributed by atoms with Gasteiger partial charge in [0.15, 0.2) is 12.4 Å². The van der Waals surface area contributed by atoms with Crippen molar-refractivity contribution in [3.8, 4) is 0 Å². The van der Waals surface area contributed by atoms with E-state index in [2.05, 4.69) is 10.0 Å². The van der Waals surface area contributed by atoms with Crippen molar-refractivity contribution in [3.63, 3.8) is 0 Å². The van der Waals surface area contributed by atoms with Crippen LogP contribution in [-0.4, -0.2) is 34.7 Å². The minimum Gasteiger partial charge on any atom is -0.459 e. The van der Waals surface area contributed by atoms with Gasteiger partial charge in [0.25, 0.3) is 6.47 Å². The minimum absolute atomic E-state index is 0.126. The van der Waals surface area contributed by atoms with E-state index in [1.54, 1.807) is 0 Å². The molecule has 1 aliphatic heterocycles. The SMILES string of the molecule is [N-]=[N+]=N[C@H](C(Cl)I)[C@@H]1O[C@H](c2ccccc2)OC[C@H]1OC=O. The number of halogens is 2. The average Bonchev–Trinajstić information content (AvgIpc) is 2.54. The van der Waals surface area contributed by atoms with Crippen LogP contribution in [0.4, 0.5) is 0 Å². The molecule has 9 heteroatoms. The van der Waals surface area contributed by atoms with Gasteiger partial charge in [-0.1, -0.05) is 58.0 Å². The van der Waals surface area contributed by atoms with Crippen molar-refractivity contribution >= 4 is 40.7 Å². The zero-order valence-corrected chi connectivity index (χ0v) is 14.2. The van der Waals surface area contributed by atoms with Crippen LogP contribution in [0.5, 0.6) is 0 Å². The summed E-state index contributed by atoms with van der Waals surface area (Å²) in [4.78, 5) is 13.4. The summed E-state index contributed by atoms with van der Waals surface area (Å²) in [5.41, 5.74) is 9.53. The summed E-state index contributed by atoms with van der Waals surface area (Å²) >= 11 is 8.00. The van der Waals surface area contributed by atoms with Gasteiger partial charge in [0, 0.05) is 10.5 Å². The molecule has 0 bridgehead atoms. The predicted molar refractivity (Wildman–Crippen MR) is 87.5 cm³/mol. The summed E-state index contributed by atoms with van der Waals surface area (Å²) in [5, 5.41) is 3.67. The Morgan fingerprint density at radius 2 is 2.23 bits per heavy atom. The Bertz CT molecular complexity index is 541. The molecule has 0 aromatic heterocycles. The van der Waals surface area contributed by atoms with Crippen LogP contribution >= 0.6 is 34.2 Å². The Balaban J connectivity index is 2.23. The maximum absolute atomic E-state index is 10.6. The molecule has 2 rings (SSSR count). The van der Waals surface area contributed by atoms with Gasteiger partial charge in [-0.3, -0.25) is 4.79 Å². The van der Waals surface area contributed by atoms with Crippen molar-refractivity contribution in [2.24, 2.45) is 5.11 Å². The molecule has 0 saturated carbocycles. The predicted octanol–water partition coefficient (Wildman–Crippen LogP) is 3.32. The van der Waals surface area contributed by atoms with Gasteiger partial charge in [0.1, 0.15) is 6.10 Å². The summed E-state index contributed by atoms with van der Waals surface area (Å²) in [7, 11) is 0. The van der Waals surface area contributed by atoms with E-state index >= 15 is 0 Å². The molecule has 0 N–H and O–H groups in total. The van der Waals surface area contributed by atoms with Crippen LogP contribution in [0.3, 0.4) is 0 Å². The molecule has 1 aliphatic rings. The van der Waals surface area contributed by atoms with Crippen LogP contribution in [-0.2, 0) is 19.0 Å². The molecular weight excluding hydrogens is 425 g/mol. The van der Waals surface area contributed by atoms with E-state index in [0.29, 0.717) is 6.47 Å². The maximum Gasteiger partial charge on any atom is 0.293 e. The van der Waals surface area contributed by atoms with E-state index in [-0.39, 0.29) is 6.61 Å². The number of azide groups is 1. The third kappa shape index (κ3) is 4.23. The smallest absolute Gasteiger partial charge is 0.293 e. The van der Waals surface area contributed by atoms with Crippen LogP contribution in [0.15, 0.2) is 35.4 Å². The lowest BCUT2D eigenvalue weighted by molar-refractivity contribution is -0.262. The molecule has 0 spiro atoms. The molecule has 1 aromatic carbocycles. The van der Waals surface area contributed by atoms with Crippen molar-refractivity contribution in [1.82, 2.24) is 0 Å². The summed E-state index contributed by atoms with van der Waals surface area (Å²) in [5.74, 6) is 0. The zero-order valence-electron chi connectivity index (χ0n) is 11.3. The molecule has 0 amide bonds. The van der Waals surface area contributed by atoms with Crippen molar-refractivity contribution in [2.75, 3.05) is 6.61 Å². The number of nitrogens with zero attached hydrogens (tertiary/aromatic N) is 3. The van der Waals surface area contributed by atoms with E-state index in [4.69, 9.17) is 31.3 Å². The lowest BCUT2D eigenvalue weighted by Crippen LogP contribution is -2.49. The topological polar surface area (TPSA) is 93.5 Å². The number of ether oxygens (including phenoxy) is 3. The number of rotatable bonds is 6. The van der Waals surface area contributed by atoms with Gasteiger partial charge in [-0.15, -0.1) is 11.6 Å². The monoisotopic (exact) mass is 437 g/mol. The number of carbonyl (C=O) groups is 1. The van der Waals surface area contributed by atoms with Gasteiger partial charge in [-0.2, -0.15) is 0 Å². The number of benzene rings is 1. The highest BCUT2D eigenvalue weighted by Crippen LogP contribution is 2.33. The highest BCUT2D eigenvalue weighted by molar-refractivity contribution is 14.1. The quantitative estimate of drug-likeness (QED) is 0.170. The van der Waals surface area contributed by atoms with Gasteiger partial charge < -0.3 is 14.2 Å².